The summed E-state index contributed by atoms with van der Waals surface area (Å²) in [5.74, 6) is 0.851. The van der Waals surface area contributed by atoms with Gasteiger partial charge in [-0.25, -0.2) is 9.37 Å². The van der Waals surface area contributed by atoms with Crippen LogP contribution >= 0.6 is 11.6 Å². The molecule has 3 aromatic carbocycles. The summed E-state index contributed by atoms with van der Waals surface area (Å²) >= 11 is 5.88. The molecular formula is C42H45ClFN5O2. The minimum Gasteiger partial charge on any atom is -0.377 e. The number of amides is 1. The molecule has 0 bridgehead atoms. The van der Waals surface area contributed by atoms with E-state index in [1.165, 1.54) is 6.07 Å². The van der Waals surface area contributed by atoms with Gasteiger partial charge in [0.2, 0.25) is 5.91 Å². The number of fused-ring (bicyclic) bond motifs is 3. The average Bonchev–Trinajstić information content (AvgIpc) is 3.80. The maximum Gasteiger partial charge on any atom is 0.235 e. The van der Waals surface area contributed by atoms with Crippen molar-refractivity contribution in [3.63, 3.8) is 0 Å². The maximum absolute atomic E-state index is 14.2. The first kappa shape index (κ1) is 35.1. The Bertz CT molecular complexity index is 2090. The molecule has 9 heteroatoms. The molecule has 1 amide bonds. The summed E-state index contributed by atoms with van der Waals surface area (Å²) < 4.78 is 22.6. The number of hydrogen-bond donors (Lipinski definition) is 1. The Labute approximate surface area is 304 Å². The van der Waals surface area contributed by atoms with Crippen molar-refractivity contribution in [1.82, 2.24) is 14.5 Å². The van der Waals surface area contributed by atoms with Crippen LogP contribution in [0.3, 0.4) is 0 Å². The zero-order valence-corrected chi connectivity index (χ0v) is 30.4. The van der Waals surface area contributed by atoms with Crippen molar-refractivity contribution >= 4 is 40.9 Å². The second-order valence-corrected chi connectivity index (χ2v) is 14.5. The Kier molecular flexibility index (Phi) is 10.1. The van der Waals surface area contributed by atoms with Crippen molar-refractivity contribution in [3.8, 4) is 11.1 Å². The monoisotopic (exact) mass is 705 g/mol. The molecule has 51 heavy (non-hydrogen) atoms. The molecule has 0 saturated heterocycles. The van der Waals surface area contributed by atoms with Gasteiger partial charge in [-0.15, -0.1) is 0 Å². The minimum atomic E-state index is -0.336. The van der Waals surface area contributed by atoms with Gasteiger partial charge in [-0.1, -0.05) is 48.9 Å². The standard InChI is InChI=1S/C42H45ClFN5O2/c1-5-20-51-28(3)25-49-38-23-31(32-21-27(2)40-34(22-32)42(16-17-42)41(50)47-40)11-13-37(38)46-39(49)26-48-18-14-30(15-19-48)36(45-4)9-7-6-8-29-10-12-33(43)24-35(29)44/h6-7,9-14,21-24,28H,4-5,8,15-20,25-26H2,1-3H3,(H,47,50)/b7-6-,36-9-. The number of nitrogens with one attached hydrogen (secondary N) is 1. The largest absolute Gasteiger partial charge is 0.377 e. The van der Waals surface area contributed by atoms with Crippen LogP contribution in [0.2, 0.25) is 5.02 Å². The van der Waals surface area contributed by atoms with E-state index in [0.29, 0.717) is 30.1 Å². The maximum atomic E-state index is 14.2. The highest BCUT2D eigenvalue weighted by molar-refractivity contribution is 6.30. The number of halogens is 2. The predicted molar refractivity (Wildman–Crippen MR) is 205 cm³/mol. The molecule has 3 heterocycles. The van der Waals surface area contributed by atoms with Crippen LogP contribution in [-0.4, -0.2) is 52.9 Å². The highest BCUT2D eigenvalue weighted by atomic mass is 35.5. The summed E-state index contributed by atoms with van der Waals surface area (Å²) in [6, 6.07) is 15.7. The van der Waals surface area contributed by atoms with E-state index in [0.717, 1.165) is 101 Å². The highest BCUT2D eigenvalue weighted by Crippen LogP contribution is 2.56. The molecule has 3 aliphatic rings. The quantitative estimate of drug-likeness (QED) is 0.111. The fourth-order valence-electron chi connectivity index (χ4n) is 7.37. The first-order valence-corrected chi connectivity index (χ1v) is 18.3. The molecule has 1 fully saturated rings. The van der Waals surface area contributed by atoms with Crippen molar-refractivity contribution in [2.75, 3.05) is 25.0 Å². The summed E-state index contributed by atoms with van der Waals surface area (Å²) in [4.78, 5) is 24.7. The van der Waals surface area contributed by atoms with Gasteiger partial charge >= 0.3 is 0 Å². The highest BCUT2D eigenvalue weighted by Gasteiger charge is 2.56. The molecule has 1 N–H and O–H groups in total. The third kappa shape index (κ3) is 7.23. The Morgan fingerprint density at radius 1 is 1.20 bits per heavy atom. The molecule has 4 aromatic rings. The van der Waals surface area contributed by atoms with E-state index in [9.17, 15) is 9.18 Å². The van der Waals surface area contributed by atoms with E-state index in [-0.39, 0.29) is 23.2 Å². The lowest BCUT2D eigenvalue weighted by Gasteiger charge is -2.26. The van der Waals surface area contributed by atoms with Gasteiger partial charge < -0.3 is 14.6 Å². The molecule has 1 aliphatic carbocycles. The van der Waals surface area contributed by atoms with E-state index in [1.807, 2.05) is 18.2 Å². The van der Waals surface area contributed by atoms with Gasteiger partial charge in [0.15, 0.2) is 0 Å². The van der Waals surface area contributed by atoms with Crippen LogP contribution < -0.4 is 5.32 Å². The van der Waals surface area contributed by atoms with E-state index in [4.69, 9.17) is 21.3 Å². The summed E-state index contributed by atoms with van der Waals surface area (Å²) in [6.45, 7) is 13.9. The van der Waals surface area contributed by atoms with Gasteiger partial charge in [-0.05, 0) is 129 Å². The smallest absolute Gasteiger partial charge is 0.235 e. The number of hydrogen-bond acceptors (Lipinski definition) is 5. The Morgan fingerprint density at radius 2 is 2.04 bits per heavy atom. The molecule has 1 saturated carbocycles. The van der Waals surface area contributed by atoms with Gasteiger partial charge in [0, 0.05) is 30.4 Å². The molecule has 1 atom stereocenters. The van der Waals surface area contributed by atoms with Crippen molar-refractivity contribution in [3.05, 3.63) is 117 Å². The molecule has 0 radical (unpaired) electrons. The second kappa shape index (κ2) is 14.7. The van der Waals surface area contributed by atoms with Crippen LogP contribution in [0.4, 0.5) is 10.1 Å². The lowest BCUT2D eigenvalue weighted by molar-refractivity contribution is -0.117. The molecule has 1 aromatic heterocycles. The second-order valence-electron chi connectivity index (χ2n) is 14.1. The number of aliphatic imine (C=N–C) groups is 1. The van der Waals surface area contributed by atoms with Crippen LogP contribution in [0.25, 0.3) is 22.2 Å². The average molecular weight is 706 g/mol. The number of carbonyl (C=O) groups is 1. The SMILES string of the molecule is C=N/C(=C\C=C/Cc1ccc(Cl)cc1F)C1=CCN(Cc2nc3ccc(-c4cc(C)c5c(c4)C4(CC4)C(=O)N5)cc3n2CC(C)OCCC)CC1. The zero-order valence-electron chi connectivity index (χ0n) is 29.6. The van der Waals surface area contributed by atoms with Gasteiger partial charge in [0.1, 0.15) is 11.6 Å². The topological polar surface area (TPSA) is 71.8 Å². The number of aromatic nitrogens is 2. The van der Waals surface area contributed by atoms with Crippen LogP contribution in [0.15, 0.2) is 89.1 Å². The van der Waals surface area contributed by atoms with Crippen molar-refractivity contribution in [2.45, 2.75) is 77.5 Å². The van der Waals surface area contributed by atoms with Gasteiger partial charge in [0.25, 0.3) is 0 Å². The lowest BCUT2D eigenvalue weighted by atomic mass is 9.91. The van der Waals surface area contributed by atoms with Gasteiger partial charge in [-0.2, -0.15) is 0 Å². The number of carbonyl (C=O) groups excluding carboxylic acids is 1. The van der Waals surface area contributed by atoms with E-state index >= 15 is 0 Å². The molecule has 2 aliphatic heterocycles. The number of nitrogens with zero attached hydrogens (tertiary/aromatic N) is 4. The first-order chi connectivity index (χ1) is 24.7. The fraction of sp³-hybridized carbons (Fsp3) is 0.357. The number of ether oxygens (including phenoxy) is 1. The number of anilines is 1. The fourth-order valence-corrected chi connectivity index (χ4v) is 7.53. The van der Waals surface area contributed by atoms with E-state index in [2.05, 4.69) is 83.7 Å². The molecule has 1 unspecified atom stereocenters. The molecular weight excluding hydrogens is 661 g/mol. The number of benzene rings is 3. The molecule has 7 rings (SSSR count). The third-order valence-corrected chi connectivity index (χ3v) is 10.6. The summed E-state index contributed by atoms with van der Waals surface area (Å²) in [5.41, 5.74) is 9.77. The Balaban J connectivity index is 1.11. The lowest BCUT2D eigenvalue weighted by Crippen LogP contribution is -2.30. The number of rotatable bonds is 13. The van der Waals surface area contributed by atoms with Crippen LogP contribution in [-0.2, 0) is 34.5 Å². The van der Waals surface area contributed by atoms with Crippen LogP contribution in [0.1, 0.15) is 62.0 Å². The van der Waals surface area contributed by atoms with E-state index in [1.54, 1.807) is 12.1 Å². The number of allylic oxidation sites excluding steroid dienone is 4. The van der Waals surface area contributed by atoms with Crippen LogP contribution in [0, 0.1) is 12.7 Å². The van der Waals surface area contributed by atoms with Crippen molar-refractivity contribution in [1.29, 1.82) is 0 Å². The Hall–Kier alpha value is -4.37. The Morgan fingerprint density at radius 3 is 2.76 bits per heavy atom. The van der Waals surface area contributed by atoms with Crippen molar-refractivity contribution < 1.29 is 13.9 Å². The predicted octanol–water partition coefficient (Wildman–Crippen LogP) is 9.12. The normalized spacial score (nSPS) is 17.6. The number of imidazole rings is 1. The van der Waals surface area contributed by atoms with E-state index < -0.39 is 0 Å². The van der Waals surface area contributed by atoms with Crippen molar-refractivity contribution in [2.24, 2.45) is 4.99 Å². The van der Waals surface area contributed by atoms with Gasteiger partial charge in [0.05, 0.1) is 41.3 Å². The summed E-state index contributed by atoms with van der Waals surface area (Å²) in [7, 11) is 0. The first-order valence-electron chi connectivity index (χ1n) is 18.0. The molecule has 7 nitrogen and oxygen atoms in total. The zero-order chi connectivity index (χ0) is 35.7. The van der Waals surface area contributed by atoms with Gasteiger partial charge in [-0.3, -0.25) is 14.7 Å². The third-order valence-electron chi connectivity index (χ3n) is 10.4. The van der Waals surface area contributed by atoms with Crippen LogP contribution in [0.5, 0.6) is 0 Å². The molecule has 1 spiro atoms. The molecule has 264 valence electrons. The minimum absolute atomic E-state index is 0.0299. The summed E-state index contributed by atoms with van der Waals surface area (Å²) in [5, 5.41) is 3.54. The summed E-state index contributed by atoms with van der Waals surface area (Å²) in [6.07, 6.45) is 12.1. The number of aryl methyl sites for hydroxylation is 1.